The number of nitrogens with zero attached hydrogens (tertiary/aromatic N) is 2. The summed E-state index contributed by atoms with van der Waals surface area (Å²) in [5.74, 6) is -0.927. The van der Waals surface area contributed by atoms with Gasteiger partial charge < -0.3 is 15.8 Å². The minimum Gasteiger partial charge on any atom is -0.484 e. The lowest BCUT2D eigenvalue weighted by Crippen LogP contribution is -2.20. The summed E-state index contributed by atoms with van der Waals surface area (Å²) in [6, 6.07) is 11.7. The molecule has 0 bridgehead atoms. The Morgan fingerprint density at radius 2 is 1.95 bits per heavy atom. The van der Waals surface area contributed by atoms with Crippen LogP contribution < -0.4 is 15.8 Å². The number of carbonyl (C=O) groups is 1. The molecule has 0 aliphatic heterocycles. The number of imidazole rings is 1. The maximum absolute atomic E-state index is 13.5. The minimum absolute atomic E-state index is 0.00988. The van der Waals surface area contributed by atoms with E-state index in [1.165, 1.54) is 37.5 Å². The number of sulfone groups is 1. The smallest absolute Gasteiger partial charge is 0.416 e. The summed E-state index contributed by atoms with van der Waals surface area (Å²) >= 11 is 0.992. The van der Waals surface area contributed by atoms with Gasteiger partial charge in [0.05, 0.1) is 28.1 Å². The molecule has 0 radical (unpaired) electrons. The van der Waals surface area contributed by atoms with Crippen LogP contribution in [0.15, 0.2) is 54.9 Å². The van der Waals surface area contributed by atoms with Gasteiger partial charge in [0.2, 0.25) is 0 Å². The number of rotatable bonds is 10. The van der Waals surface area contributed by atoms with Gasteiger partial charge in [-0.15, -0.1) is 11.3 Å². The number of alkyl halides is 3. The number of amides is 1. The average Bonchev–Trinajstić information content (AvgIpc) is 3.46. The number of aromatic nitrogens is 2. The van der Waals surface area contributed by atoms with E-state index < -0.39 is 33.6 Å². The Morgan fingerprint density at radius 3 is 2.63 bits per heavy atom. The molecule has 3 N–H and O–H groups in total. The number of nitrogens with two attached hydrogens (primary N) is 1. The maximum atomic E-state index is 13.5. The number of benzene rings is 2. The second-order valence-corrected chi connectivity index (χ2v) is 11.8. The van der Waals surface area contributed by atoms with E-state index in [0.29, 0.717) is 28.1 Å². The number of fused-ring (bicyclic) bond motifs is 1. The highest BCUT2D eigenvalue weighted by molar-refractivity contribution is 7.90. The second kappa shape index (κ2) is 10.8. The topological polar surface area (TPSA) is 116 Å². The van der Waals surface area contributed by atoms with Crippen molar-refractivity contribution < 1.29 is 31.1 Å². The maximum Gasteiger partial charge on any atom is 0.416 e. The quantitative estimate of drug-likeness (QED) is 0.293. The summed E-state index contributed by atoms with van der Waals surface area (Å²) < 4.78 is 72.9. The average molecular weight is 567 g/mol. The zero-order chi connectivity index (χ0) is 27.7. The Labute approximate surface area is 221 Å². The van der Waals surface area contributed by atoms with Gasteiger partial charge in [-0.1, -0.05) is 24.3 Å². The molecule has 0 aliphatic carbocycles. The lowest BCUT2D eigenvalue weighted by molar-refractivity contribution is -0.139. The van der Waals surface area contributed by atoms with Crippen molar-refractivity contribution in [2.24, 2.45) is 5.73 Å². The van der Waals surface area contributed by atoms with Gasteiger partial charge in [-0.25, -0.2) is 13.4 Å². The molecule has 8 nitrogen and oxygen atoms in total. The van der Waals surface area contributed by atoms with Gasteiger partial charge in [-0.2, -0.15) is 13.2 Å². The molecule has 1 amide bonds. The van der Waals surface area contributed by atoms with Gasteiger partial charge in [0, 0.05) is 18.2 Å². The van der Waals surface area contributed by atoms with Crippen molar-refractivity contribution in [2.45, 2.75) is 25.0 Å². The SMILES string of the molecule is CNCCS(=O)(=O)Cc1ccc2ncn(-c3cc(O[C@H](C)c4ccccc4C(F)(F)F)c(C(N)=O)s3)c2c1. The molecule has 0 saturated heterocycles. The molecule has 0 unspecified atom stereocenters. The predicted octanol–water partition coefficient (Wildman–Crippen LogP) is 4.48. The molecular weight excluding hydrogens is 541 g/mol. The molecule has 2 aromatic carbocycles. The van der Waals surface area contributed by atoms with Crippen molar-refractivity contribution in [2.75, 3.05) is 19.3 Å². The standard InChI is InChI=1S/C25H25F3N4O4S2/c1-15(17-5-3-4-6-18(17)25(26,27)28)36-21-12-22(37-23(21)24(29)33)32-14-31-19-8-7-16(11-20(19)32)13-38(34,35)10-9-30-2/h3-8,11-12,14-15,30H,9-10,13H2,1-2H3,(H2,29,33)/t15-/m1/s1. The highest BCUT2D eigenvalue weighted by Gasteiger charge is 2.35. The van der Waals surface area contributed by atoms with Gasteiger partial charge in [0.15, 0.2) is 9.84 Å². The van der Waals surface area contributed by atoms with Crippen LogP contribution >= 0.6 is 11.3 Å². The van der Waals surface area contributed by atoms with Crippen molar-refractivity contribution in [3.8, 4) is 10.8 Å². The number of halogens is 3. The molecule has 0 saturated carbocycles. The summed E-state index contributed by atoms with van der Waals surface area (Å²) in [6.45, 7) is 1.79. The molecule has 0 fully saturated rings. The first-order valence-corrected chi connectivity index (χ1v) is 14.1. The summed E-state index contributed by atoms with van der Waals surface area (Å²) in [7, 11) is -1.67. The van der Waals surface area contributed by atoms with Crippen LogP contribution in [0, 0.1) is 0 Å². The van der Waals surface area contributed by atoms with E-state index in [2.05, 4.69) is 10.3 Å². The van der Waals surface area contributed by atoms with Crippen LogP contribution in [0.2, 0.25) is 0 Å². The van der Waals surface area contributed by atoms with E-state index in [1.54, 1.807) is 29.8 Å². The largest absolute Gasteiger partial charge is 0.484 e. The van der Waals surface area contributed by atoms with E-state index in [0.717, 1.165) is 17.4 Å². The van der Waals surface area contributed by atoms with Gasteiger partial charge in [0.25, 0.3) is 5.91 Å². The van der Waals surface area contributed by atoms with E-state index in [-0.39, 0.29) is 27.7 Å². The van der Waals surface area contributed by atoms with E-state index in [4.69, 9.17) is 10.5 Å². The van der Waals surface area contributed by atoms with Crippen LogP contribution in [0.25, 0.3) is 16.0 Å². The van der Waals surface area contributed by atoms with Crippen LogP contribution in [0.3, 0.4) is 0 Å². The second-order valence-electron chi connectivity index (χ2n) is 8.62. The molecule has 0 spiro atoms. The zero-order valence-corrected chi connectivity index (χ0v) is 22.1. The van der Waals surface area contributed by atoms with E-state index >= 15 is 0 Å². The Kier molecular flexibility index (Phi) is 7.81. The summed E-state index contributed by atoms with van der Waals surface area (Å²) in [4.78, 5) is 16.6. The molecule has 202 valence electrons. The minimum atomic E-state index is -4.57. The summed E-state index contributed by atoms with van der Waals surface area (Å²) in [5, 5.41) is 3.29. The highest BCUT2D eigenvalue weighted by atomic mass is 32.2. The Balaban J connectivity index is 1.69. The third-order valence-corrected chi connectivity index (χ3v) is 8.54. The van der Waals surface area contributed by atoms with Crippen molar-refractivity contribution in [3.63, 3.8) is 0 Å². The number of nitrogens with one attached hydrogen (secondary N) is 1. The summed E-state index contributed by atoms with van der Waals surface area (Å²) in [6.07, 6.45) is -4.11. The van der Waals surface area contributed by atoms with Crippen LogP contribution in [0.4, 0.5) is 13.2 Å². The molecule has 13 heteroatoms. The zero-order valence-electron chi connectivity index (χ0n) is 20.4. The third-order valence-electron chi connectivity index (χ3n) is 5.82. The Hall–Kier alpha value is -3.42. The van der Waals surface area contributed by atoms with Gasteiger partial charge >= 0.3 is 6.18 Å². The molecule has 2 heterocycles. The predicted molar refractivity (Wildman–Crippen MR) is 139 cm³/mol. The first kappa shape index (κ1) is 27.6. The van der Waals surface area contributed by atoms with Crippen LogP contribution in [0.5, 0.6) is 5.75 Å². The lowest BCUT2D eigenvalue weighted by Gasteiger charge is -2.19. The molecule has 4 aromatic rings. The van der Waals surface area contributed by atoms with Gasteiger partial charge in [-0.3, -0.25) is 9.36 Å². The Bertz CT molecular complexity index is 1580. The van der Waals surface area contributed by atoms with Crippen molar-refractivity contribution >= 4 is 38.1 Å². The van der Waals surface area contributed by atoms with Crippen LogP contribution in [0.1, 0.15) is 39.4 Å². The van der Waals surface area contributed by atoms with Crippen LogP contribution in [-0.4, -0.2) is 43.2 Å². The fraction of sp³-hybridized carbons (Fsp3) is 0.280. The third kappa shape index (κ3) is 6.00. The summed E-state index contributed by atoms with van der Waals surface area (Å²) in [5.41, 5.74) is 6.38. The number of hydrogen-bond acceptors (Lipinski definition) is 7. The van der Waals surface area contributed by atoms with Gasteiger partial charge in [0.1, 0.15) is 28.1 Å². The molecule has 2 aromatic heterocycles. The van der Waals surface area contributed by atoms with Gasteiger partial charge in [-0.05, 0) is 37.7 Å². The molecule has 1 atom stereocenters. The molecular formula is C25H25F3N4O4S2. The number of ether oxygens (including phenoxy) is 1. The monoisotopic (exact) mass is 566 g/mol. The highest BCUT2D eigenvalue weighted by Crippen LogP contribution is 2.39. The van der Waals surface area contributed by atoms with Crippen molar-refractivity contribution in [3.05, 3.63) is 76.4 Å². The molecule has 4 rings (SSSR count). The fourth-order valence-corrected chi connectivity index (χ4v) is 6.28. The van der Waals surface area contributed by atoms with E-state index in [1.807, 2.05) is 0 Å². The van der Waals surface area contributed by atoms with Crippen molar-refractivity contribution in [1.82, 2.24) is 14.9 Å². The number of hydrogen-bond donors (Lipinski definition) is 2. The number of carbonyl (C=O) groups excluding carboxylic acids is 1. The number of primary amides is 1. The van der Waals surface area contributed by atoms with Crippen molar-refractivity contribution in [1.29, 1.82) is 0 Å². The normalized spacial score (nSPS) is 13.1. The number of thiophene rings is 1. The lowest BCUT2D eigenvalue weighted by atomic mass is 10.0. The molecule has 38 heavy (non-hydrogen) atoms. The van der Waals surface area contributed by atoms with E-state index in [9.17, 15) is 26.4 Å². The first-order valence-electron chi connectivity index (χ1n) is 11.5. The fourth-order valence-electron chi connectivity index (χ4n) is 4.01. The first-order chi connectivity index (χ1) is 17.9. The van der Waals surface area contributed by atoms with Crippen LogP contribution in [-0.2, 0) is 21.8 Å². The Morgan fingerprint density at radius 1 is 1.21 bits per heavy atom. The molecule has 0 aliphatic rings.